The zero-order valence-electron chi connectivity index (χ0n) is 20.4. The number of rotatable bonds is 7. The van der Waals surface area contributed by atoms with Gasteiger partial charge in [-0.25, -0.2) is 4.79 Å². The Hall–Kier alpha value is -2.99. The summed E-state index contributed by atoms with van der Waals surface area (Å²) >= 11 is 6.37. The van der Waals surface area contributed by atoms with Gasteiger partial charge in [0, 0.05) is 49.2 Å². The largest absolute Gasteiger partial charge is 0.444 e. The predicted octanol–water partition coefficient (Wildman–Crippen LogP) is 5.51. The van der Waals surface area contributed by atoms with Crippen LogP contribution < -0.4 is 10.2 Å². The minimum atomic E-state index is -0.598. The second kappa shape index (κ2) is 11.4. The second-order valence-electron chi connectivity index (χ2n) is 9.35. The van der Waals surface area contributed by atoms with Crippen molar-refractivity contribution in [2.75, 3.05) is 31.6 Å². The summed E-state index contributed by atoms with van der Waals surface area (Å²) in [5, 5.41) is 3.25. The fourth-order valence-electron chi connectivity index (χ4n) is 4.00. The summed E-state index contributed by atoms with van der Waals surface area (Å²) in [6, 6.07) is 14.5. The number of likely N-dealkylation sites (N-methyl/N-ethyl adjacent to an activating group) is 1. The van der Waals surface area contributed by atoms with Crippen molar-refractivity contribution in [2.24, 2.45) is 0 Å². The van der Waals surface area contributed by atoms with Crippen molar-refractivity contribution in [3.63, 3.8) is 0 Å². The maximum atomic E-state index is 12.8. The van der Waals surface area contributed by atoms with Crippen molar-refractivity contribution in [1.29, 1.82) is 0 Å². The molecule has 182 valence electrons. The molecule has 2 aromatic carbocycles. The lowest BCUT2D eigenvalue weighted by Gasteiger charge is -2.30. The van der Waals surface area contributed by atoms with Crippen LogP contribution in [0, 0.1) is 0 Å². The highest BCUT2D eigenvalue weighted by molar-refractivity contribution is 6.30. The molecule has 0 atom stereocenters. The number of aryl methyl sites for hydroxylation is 2. The first kappa shape index (κ1) is 25.6. The summed E-state index contributed by atoms with van der Waals surface area (Å²) in [5.41, 5.74) is 4.25. The molecule has 1 N–H and O–H groups in total. The fraction of sp³-hybridized carbons (Fsp3) is 0.407. The average Bonchev–Trinajstić information content (AvgIpc) is 2.93. The van der Waals surface area contributed by atoms with Gasteiger partial charge in [-0.3, -0.25) is 4.79 Å². The predicted molar refractivity (Wildman–Crippen MR) is 138 cm³/mol. The van der Waals surface area contributed by atoms with Crippen molar-refractivity contribution < 1.29 is 14.3 Å². The second-order valence-corrected chi connectivity index (χ2v) is 9.79. The van der Waals surface area contributed by atoms with E-state index in [1.165, 1.54) is 22.9 Å². The lowest BCUT2D eigenvalue weighted by Crippen LogP contribution is -2.38. The maximum Gasteiger partial charge on any atom is 0.410 e. The van der Waals surface area contributed by atoms with Gasteiger partial charge in [-0.2, -0.15) is 0 Å². The number of ether oxygens (including phenoxy) is 1. The normalized spacial score (nSPS) is 13.1. The first-order valence-corrected chi connectivity index (χ1v) is 12.1. The molecule has 0 spiro atoms. The molecule has 0 fully saturated rings. The maximum absolute atomic E-state index is 12.8. The van der Waals surface area contributed by atoms with Crippen molar-refractivity contribution in [3.8, 4) is 0 Å². The summed E-state index contributed by atoms with van der Waals surface area (Å²) < 4.78 is 5.60. The highest BCUT2D eigenvalue weighted by Gasteiger charge is 2.23. The smallest absolute Gasteiger partial charge is 0.410 e. The number of nitrogens with zero attached hydrogens (tertiary/aromatic N) is 2. The molecule has 1 aliphatic rings. The zero-order chi connectivity index (χ0) is 24.7. The lowest BCUT2D eigenvalue weighted by atomic mass is 10.0. The van der Waals surface area contributed by atoms with Gasteiger partial charge in [-0.05, 0) is 69.4 Å². The van der Waals surface area contributed by atoms with Gasteiger partial charge in [0.15, 0.2) is 0 Å². The summed E-state index contributed by atoms with van der Waals surface area (Å²) in [6.07, 6.45) is 5.35. The van der Waals surface area contributed by atoms with Crippen LogP contribution >= 0.6 is 11.6 Å². The van der Waals surface area contributed by atoms with E-state index in [1.54, 1.807) is 18.0 Å². The summed E-state index contributed by atoms with van der Waals surface area (Å²) in [6.45, 7) is 7.03. The van der Waals surface area contributed by atoms with E-state index in [4.69, 9.17) is 16.3 Å². The summed E-state index contributed by atoms with van der Waals surface area (Å²) in [4.78, 5) is 28.3. The molecule has 6 nitrogen and oxygen atoms in total. The van der Waals surface area contributed by atoms with E-state index in [0.29, 0.717) is 31.1 Å². The van der Waals surface area contributed by atoms with E-state index < -0.39 is 11.7 Å². The van der Waals surface area contributed by atoms with Crippen LogP contribution in [0.5, 0.6) is 0 Å². The van der Waals surface area contributed by atoms with Gasteiger partial charge >= 0.3 is 6.09 Å². The van der Waals surface area contributed by atoms with Gasteiger partial charge in [-0.1, -0.05) is 41.9 Å². The molecule has 1 aliphatic heterocycles. The Bertz CT molecular complexity index is 1050. The van der Waals surface area contributed by atoms with Crippen molar-refractivity contribution in [1.82, 2.24) is 10.2 Å². The first-order valence-electron chi connectivity index (χ1n) is 11.7. The Morgan fingerprint density at radius 1 is 1.12 bits per heavy atom. The van der Waals surface area contributed by atoms with E-state index in [1.807, 2.05) is 32.9 Å². The number of carbonyl (C=O) groups excluding carboxylic acids is 2. The molecule has 0 aliphatic carbocycles. The third-order valence-corrected chi connectivity index (χ3v) is 5.82. The van der Waals surface area contributed by atoms with Crippen LogP contribution in [0.15, 0.2) is 54.6 Å². The average molecular weight is 484 g/mol. The van der Waals surface area contributed by atoms with E-state index in [-0.39, 0.29) is 5.91 Å². The van der Waals surface area contributed by atoms with Crippen molar-refractivity contribution in [2.45, 2.75) is 45.6 Å². The van der Waals surface area contributed by atoms with Gasteiger partial charge in [0.2, 0.25) is 5.91 Å². The Labute approximate surface area is 207 Å². The van der Waals surface area contributed by atoms with Gasteiger partial charge in [-0.15, -0.1) is 0 Å². The third kappa shape index (κ3) is 7.00. The molecule has 0 saturated heterocycles. The number of halogens is 1. The molecule has 2 amide bonds. The number of hydrogen-bond donors (Lipinski definition) is 1. The van der Waals surface area contributed by atoms with E-state index in [0.717, 1.165) is 18.5 Å². The van der Waals surface area contributed by atoms with Crippen LogP contribution in [0.2, 0.25) is 5.02 Å². The molecule has 7 heteroatoms. The van der Waals surface area contributed by atoms with E-state index >= 15 is 0 Å². The number of para-hydroxylation sites is 1. The topological polar surface area (TPSA) is 61.9 Å². The number of benzene rings is 2. The monoisotopic (exact) mass is 483 g/mol. The number of fused-ring (bicyclic) bond motifs is 2. The highest BCUT2D eigenvalue weighted by atomic mass is 35.5. The molecule has 0 radical (unpaired) electrons. The Morgan fingerprint density at radius 2 is 1.82 bits per heavy atom. The molecule has 0 aromatic heterocycles. The fourth-order valence-corrected chi connectivity index (χ4v) is 4.17. The van der Waals surface area contributed by atoms with Crippen LogP contribution in [0.4, 0.5) is 16.2 Å². The molecule has 3 rings (SSSR count). The Morgan fingerprint density at radius 3 is 2.53 bits per heavy atom. The molecule has 2 aromatic rings. The lowest BCUT2D eigenvalue weighted by molar-refractivity contribution is -0.116. The minimum Gasteiger partial charge on any atom is -0.444 e. The summed E-state index contributed by atoms with van der Waals surface area (Å²) in [7, 11) is 1.57. The molecule has 0 saturated carbocycles. The molecule has 34 heavy (non-hydrogen) atoms. The number of carbonyl (C=O) groups is 2. The molecular formula is C27H34ClN3O3. The highest BCUT2D eigenvalue weighted by Crippen LogP contribution is 2.37. The number of nitrogens with one attached hydrogen (secondary N) is 1. The SMILES string of the molecule is CNC(=O)/C=C/CN(CCCN1c2ccccc2CCc2ccc(Cl)cc21)C(=O)OC(C)(C)C. The van der Waals surface area contributed by atoms with Crippen LogP contribution in [-0.2, 0) is 22.4 Å². The first-order chi connectivity index (χ1) is 16.2. The standard InChI is InChI=1S/C27H34ClN3O3/c1-27(2,3)34-26(33)30(16-7-11-25(32)29-4)17-8-18-31-23-10-6-5-9-20(23)12-13-21-14-15-22(28)19-24(21)31/h5-7,9-11,14-15,19H,8,12-13,16-18H2,1-4H3,(H,29,32)/b11-7+. The van der Waals surface area contributed by atoms with E-state index in [2.05, 4.69) is 40.5 Å². The van der Waals surface area contributed by atoms with Crippen LogP contribution in [0.3, 0.4) is 0 Å². The Balaban J connectivity index is 1.78. The van der Waals surface area contributed by atoms with Gasteiger partial charge in [0.05, 0.1) is 0 Å². The quantitative estimate of drug-likeness (QED) is 0.528. The zero-order valence-corrected chi connectivity index (χ0v) is 21.2. The van der Waals surface area contributed by atoms with Gasteiger partial charge in [0.25, 0.3) is 0 Å². The van der Waals surface area contributed by atoms with Gasteiger partial charge < -0.3 is 19.9 Å². The van der Waals surface area contributed by atoms with Crippen molar-refractivity contribution >= 4 is 35.0 Å². The minimum absolute atomic E-state index is 0.209. The number of amides is 2. The number of hydrogen-bond acceptors (Lipinski definition) is 4. The molecule has 0 unspecified atom stereocenters. The van der Waals surface area contributed by atoms with Crippen LogP contribution in [-0.4, -0.2) is 49.2 Å². The van der Waals surface area contributed by atoms with Gasteiger partial charge in [0.1, 0.15) is 5.60 Å². The van der Waals surface area contributed by atoms with Crippen molar-refractivity contribution in [3.05, 3.63) is 70.8 Å². The third-order valence-electron chi connectivity index (χ3n) is 5.59. The van der Waals surface area contributed by atoms with E-state index in [9.17, 15) is 9.59 Å². The van der Waals surface area contributed by atoms with Crippen LogP contribution in [0.1, 0.15) is 38.3 Å². The molecule has 0 bridgehead atoms. The molecule has 1 heterocycles. The van der Waals surface area contributed by atoms with Crippen LogP contribution in [0.25, 0.3) is 0 Å². The molecular weight excluding hydrogens is 450 g/mol. The summed E-state index contributed by atoms with van der Waals surface area (Å²) in [5.74, 6) is -0.209. The number of anilines is 2. The Kier molecular flexibility index (Phi) is 8.61.